The lowest BCUT2D eigenvalue weighted by atomic mass is 10.1. The van der Waals surface area contributed by atoms with Gasteiger partial charge in [-0.2, -0.15) is 0 Å². The third kappa shape index (κ3) is 2.97. The summed E-state index contributed by atoms with van der Waals surface area (Å²) in [6.45, 7) is 5.79. The van der Waals surface area contributed by atoms with Gasteiger partial charge in [-0.1, -0.05) is 23.7 Å². The summed E-state index contributed by atoms with van der Waals surface area (Å²) in [4.78, 5) is 22.5. The number of nitrogens with zero attached hydrogens (tertiary/aromatic N) is 4. The van der Waals surface area contributed by atoms with Gasteiger partial charge in [0.2, 0.25) is 0 Å². The topological polar surface area (TPSA) is 41.4 Å². The number of benzene rings is 2. The van der Waals surface area contributed by atoms with Crippen molar-refractivity contribution >= 4 is 28.2 Å². The number of rotatable bonds is 2. The second kappa shape index (κ2) is 6.74. The fourth-order valence-corrected chi connectivity index (χ4v) is 3.68. The van der Waals surface area contributed by atoms with Crippen LogP contribution in [0.15, 0.2) is 47.3 Å². The number of hydrogen-bond donors (Lipinski definition) is 0. The van der Waals surface area contributed by atoms with Gasteiger partial charge in [-0.05, 0) is 44.3 Å². The summed E-state index contributed by atoms with van der Waals surface area (Å²) >= 11 is 6.32. The van der Waals surface area contributed by atoms with E-state index in [2.05, 4.69) is 27.9 Å². The first-order valence-corrected chi connectivity index (χ1v) is 9.14. The van der Waals surface area contributed by atoms with E-state index in [1.54, 1.807) is 10.6 Å². The normalized spacial score (nSPS) is 15.6. The molecule has 0 radical (unpaired) electrons. The summed E-state index contributed by atoms with van der Waals surface area (Å²) in [6, 6.07) is 13.3. The van der Waals surface area contributed by atoms with Gasteiger partial charge >= 0.3 is 0 Å². The Labute approximate surface area is 157 Å². The number of fused-ring (bicyclic) bond motifs is 1. The molecule has 1 aliphatic heterocycles. The molecule has 1 aliphatic rings. The lowest BCUT2D eigenvalue weighted by Gasteiger charge is -2.34. The minimum Gasteiger partial charge on any atom is -0.369 e. The first-order chi connectivity index (χ1) is 12.5. The van der Waals surface area contributed by atoms with Gasteiger partial charge in [0, 0.05) is 31.9 Å². The summed E-state index contributed by atoms with van der Waals surface area (Å²) in [6.07, 6.45) is 0. The Morgan fingerprint density at radius 3 is 2.50 bits per heavy atom. The number of aromatic nitrogens is 2. The van der Waals surface area contributed by atoms with Crippen molar-refractivity contribution in [1.29, 1.82) is 0 Å². The summed E-state index contributed by atoms with van der Waals surface area (Å²) in [5.74, 6) is 0.628. The van der Waals surface area contributed by atoms with Crippen LogP contribution in [0.5, 0.6) is 0 Å². The summed E-state index contributed by atoms with van der Waals surface area (Å²) in [5.41, 5.74) is 2.36. The number of likely N-dealkylation sites (N-methyl/N-ethyl adjacent to an activating group) is 1. The first-order valence-electron chi connectivity index (χ1n) is 8.76. The maximum Gasteiger partial charge on any atom is 0.266 e. The van der Waals surface area contributed by atoms with Gasteiger partial charge in [-0.15, -0.1) is 0 Å². The third-order valence-corrected chi connectivity index (χ3v) is 5.30. The standard InChI is InChI=1S/C20H21ClN4O/c1-14-22-18-8-7-15(24-11-9-23(2)10-12-24)13-16(18)20(26)25(14)19-6-4-3-5-17(19)21/h3-8,13H,9-12H2,1-2H3. The van der Waals surface area contributed by atoms with Crippen LogP contribution in [0.1, 0.15) is 5.82 Å². The molecular formula is C20H21ClN4O. The van der Waals surface area contributed by atoms with Crippen LogP contribution in [0.25, 0.3) is 16.6 Å². The predicted octanol–water partition coefficient (Wildman–Crippen LogP) is 3.10. The van der Waals surface area contributed by atoms with Crippen molar-refractivity contribution < 1.29 is 0 Å². The Morgan fingerprint density at radius 1 is 1.04 bits per heavy atom. The van der Waals surface area contributed by atoms with Gasteiger partial charge in [0.15, 0.2) is 0 Å². The zero-order valence-corrected chi connectivity index (χ0v) is 15.7. The fraction of sp³-hybridized carbons (Fsp3) is 0.300. The van der Waals surface area contributed by atoms with Crippen molar-refractivity contribution in [3.05, 3.63) is 63.7 Å². The van der Waals surface area contributed by atoms with Crippen molar-refractivity contribution in [1.82, 2.24) is 14.5 Å². The van der Waals surface area contributed by atoms with Crippen LogP contribution in [0.3, 0.4) is 0 Å². The number of anilines is 1. The van der Waals surface area contributed by atoms with E-state index in [0.717, 1.165) is 31.9 Å². The zero-order chi connectivity index (χ0) is 18.3. The number of halogens is 1. The van der Waals surface area contributed by atoms with E-state index in [1.165, 1.54) is 0 Å². The van der Waals surface area contributed by atoms with Gasteiger partial charge in [0.05, 0.1) is 21.6 Å². The van der Waals surface area contributed by atoms with Gasteiger partial charge in [-0.25, -0.2) is 4.98 Å². The number of piperazine rings is 1. The minimum absolute atomic E-state index is 0.0865. The molecule has 3 aromatic rings. The maximum atomic E-state index is 13.2. The second-order valence-electron chi connectivity index (χ2n) is 6.74. The molecule has 4 rings (SSSR count). The van der Waals surface area contributed by atoms with Gasteiger partial charge in [0.25, 0.3) is 5.56 Å². The van der Waals surface area contributed by atoms with Gasteiger partial charge in [-0.3, -0.25) is 9.36 Å². The Balaban J connectivity index is 1.85. The Kier molecular flexibility index (Phi) is 4.42. The van der Waals surface area contributed by atoms with E-state index in [1.807, 2.05) is 37.3 Å². The SMILES string of the molecule is Cc1nc2ccc(N3CCN(C)CC3)cc2c(=O)n1-c1ccccc1Cl. The van der Waals surface area contributed by atoms with Crippen molar-refractivity contribution in [3.8, 4) is 5.69 Å². The zero-order valence-electron chi connectivity index (χ0n) is 14.9. The molecule has 134 valence electrons. The van der Waals surface area contributed by atoms with Crippen molar-refractivity contribution in [2.75, 3.05) is 38.1 Å². The maximum absolute atomic E-state index is 13.2. The summed E-state index contributed by atoms with van der Waals surface area (Å²) in [7, 11) is 2.13. The summed E-state index contributed by atoms with van der Waals surface area (Å²) in [5, 5.41) is 1.15. The Hall–Kier alpha value is -2.37. The highest BCUT2D eigenvalue weighted by atomic mass is 35.5. The number of para-hydroxylation sites is 1. The fourth-order valence-electron chi connectivity index (χ4n) is 3.46. The minimum atomic E-state index is -0.0865. The van der Waals surface area contributed by atoms with E-state index in [-0.39, 0.29) is 5.56 Å². The Bertz CT molecular complexity index is 1020. The van der Waals surface area contributed by atoms with Gasteiger partial charge < -0.3 is 9.80 Å². The molecule has 0 saturated carbocycles. The van der Waals surface area contributed by atoms with Crippen molar-refractivity contribution in [2.24, 2.45) is 0 Å². The number of hydrogen-bond acceptors (Lipinski definition) is 4. The molecule has 1 fully saturated rings. The lowest BCUT2D eigenvalue weighted by molar-refractivity contribution is 0.313. The molecule has 5 nitrogen and oxygen atoms in total. The first kappa shape index (κ1) is 17.1. The molecule has 0 bridgehead atoms. The van der Waals surface area contributed by atoms with Crippen LogP contribution in [0, 0.1) is 6.92 Å². The molecule has 6 heteroatoms. The molecule has 1 saturated heterocycles. The predicted molar refractivity (Wildman–Crippen MR) is 107 cm³/mol. The van der Waals surface area contributed by atoms with E-state index < -0.39 is 0 Å². The van der Waals surface area contributed by atoms with Crippen LogP contribution in [0.2, 0.25) is 5.02 Å². The van der Waals surface area contributed by atoms with Crippen LogP contribution >= 0.6 is 11.6 Å². The Morgan fingerprint density at radius 2 is 1.77 bits per heavy atom. The largest absolute Gasteiger partial charge is 0.369 e. The second-order valence-corrected chi connectivity index (χ2v) is 7.15. The van der Waals surface area contributed by atoms with Crippen molar-refractivity contribution in [3.63, 3.8) is 0 Å². The van der Waals surface area contributed by atoms with Crippen LogP contribution in [0.4, 0.5) is 5.69 Å². The molecule has 2 heterocycles. The average Bonchev–Trinajstić information content (AvgIpc) is 2.64. The molecule has 2 aromatic carbocycles. The smallest absolute Gasteiger partial charge is 0.266 e. The molecule has 0 atom stereocenters. The van der Waals surface area contributed by atoms with Crippen molar-refractivity contribution in [2.45, 2.75) is 6.92 Å². The average molecular weight is 369 g/mol. The number of aryl methyl sites for hydroxylation is 1. The molecule has 0 aliphatic carbocycles. The molecule has 0 N–H and O–H groups in total. The van der Waals surface area contributed by atoms with Crippen LogP contribution in [-0.4, -0.2) is 47.7 Å². The molecule has 0 unspecified atom stereocenters. The molecular weight excluding hydrogens is 348 g/mol. The highest BCUT2D eigenvalue weighted by Crippen LogP contribution is 2.23. The quantitative estimate of drug-likeness (QED) is 0.697. The van der Waals surface area contributed by atoms with E-state index in [4.69, 9.17) is 11.6 Å². The lowest BCUT2D eigenvalue weighted by Crippen LogP contribution is -2.44. The van der Waals surface area contributed by atoms with E-state index in [9.17, 15) is 4.79 Å². The van der Waals surface area contributed by atoms with E-state index in [0.29, 0.717) is 27.4 Å². The molecule has 0 amide bonds. The van der Waals surface area contributed by atoms with Crippen LogP contribution < -0.4 is 10.5 Å². The highest BCUT2D eigenvalue weighted by molar-refractivity contribution is 6.32. The molecule has 0 spiro atoms. The van der Waals surface area contributed by atoms with Gasteiger partial charge in [0.1, 0.15) is 5.82 Å². The molecule has 26 heavy (non-hydrogen) atoms. The monoisotopic (exact) mass is 368 g/mol. The highest BCUT2D eigenvalue weighted by Gasteiger charge is 2.17. The van der Waals surface area contributed by atoms with Crippen LogP contribution in [-0.2, 0) is 0 Å². The third-order valence-electron chi connectivity index (χ3n) is 4.98. The summed E-state index contributed by atoms with van der Waals surface area (Å²) < 4.78 is 1.60. The molecule has 1 aromatic heterocycles. The van der Waals surface area contributed by atoms with E-state index >= 15 is 0 Å².